The lowest BCUT2D eigenvalue weighted by atomic mass is 9.95. The average molecular weight is 532 g/mol. The Hall–Kier alpha value is -4.31. The zero-order chi connectivity index (χ0) is 26.8. The van der Waals surface area contributed by atoms with Gasteiger partial charge in [-0.15, -0.1) is 11.3 Å². The molecule has 10 heteroatoms. The largest absolute Gasteiger partial charge is 0.462 e. The van der Waals surface area contributed by atoms with Crippen LogP contribution in [-0.4, -0.2) is 47.6 Å². The van der Waals surface area contributed by atoms with Crippen LogP contribution < -0.4 is 10.6 Å². The van der Waals surface area contributed by atoms with Gasteiger partial charge in [-0.25, -0.2) is 4.79 Å². The first kappa shape index (κ1) is 25.3. The summed E-state index contributed by atoms with van der Waals surface area (Å²) in [4.78, 5) is 66.1. The van der Waals surface area contributed by atoms with Gasteiger partial charge in [0.1, 0.15) is 11.5 Å². The van der Waals surface area contributed by atoms with Crippen LogP contribution in [0.3, 0.4) is 0 Å². The Labute approximate surface area is 222 Å². The van der Waals surface area contributed by atoms with Crippen molar-refractivity contribution in [2.24, 2.45) is 0 Å². The molecule has 1 aliphatic carbocycles. The van der Waals surface area contributed by atoms with E-state index in [0.717, 1.165) is 41.0 Å². The number of ether oxygens (including phenoxy) is 1. The predicted octanol–water partition coefficient (Wildman–Crippen LogP) is 4.29. The van der Waals surface area contributed by atoms with Gasteiger partial charge in [-0.2, -0.15) is 0 Å². The van der Waals surface area contributed by atoms with Crippen molar-refractivity contribution in [3.8, 4) is 0 Å². The van der Waals surface area contributed by atoms with Crippen LogP contribution in [0.25, 0.3) is 0 Å². The molecule has 0 saturated carbocycles. The highest BCUT2D eigenvalue weighted by atomic mass is 32.1. The molecule has 3 aromatic rings. The molecule has 0 bridgehead atoms. The van der Waals surface area contributed by atoms with E-state index in [1.165, 1.54) is 11.3 Å². The summed E-state index contributed by atoms with van der Waals surface area (Å²) in [5, 5.41) is 5.91. The summed E-state index contributed by atoms with van der Waals surface area (Å²) in [5.41, 5.74) is 2.21. The van der Waals surface area contributed by atoms with Crippen molar-refractivity contribution in [3.63, 3.8) is 0 Å². The van der Waals surface area contributed by atoms with Crippen LogP contribution in [0.2, 0.25) is 0 Å². The number of nitrogens with zero attached hydrogens (tertiary/aromatic N) is 1. The molecule has 4 amide bonds. The zero-order valence-electron chi connectivity index (χ0n) is 20.7. The van der Waals surface area contributed by atoms with Crippen molar-refractivity contribution in [1.29, 1.82) is 0 Å². The van der Waals surface area contributed by atoms with E-state index in [1.807, 2.05) is 0 Å². The highest BCUT2D eigenvalue weighted by molar-refractivity contribution is 7.17. The van der Waals surface area contributed by atoms with Crippen molar-refractivity contribution >= 4 is 51.6 Å². The van der Waals surface area contributed by atoms with E-state index in [2.05, 4.69) is 10.6 Å². The van der Waals surface area contributed by atoms with Gasteiger partial charge in [0.05, 0.1) is 34.5 Å². The summed E-state index contributed by atoms with van der Waals surface area (Å²) < 4.78 is 5.26. The number of carbonyl (C=O) groups is 5. The molecule has 0 radical (unpaired) electrons. The Kier molecular flexibility index (Phi) is 7.06. The Morgan fingerprint density at radius 1 is 0.921 bits per heavy atom. The van der Waals surface area contributed by atoms with Gasteiger partial charge in [0.15, 0.2) is 0 Å². The zero-order valence-corrected chi connectivity index (χ0v) is 21.5. The van der Waals surface area contributed by atoms with Gasteiger partial charge in [0.25, 0.3) is 17.7 Å². The molecule has 2 heterocycles. The van der Waals surface area contributed by atoms with Crippen molar-refractivity contribution in [3.05, 3.63) is 81.2 Å². The molecule has 0 saturated heterocycles. The summed E-state index contributed by atoms with van der Waals surface area (Å²) in [6, 6.07) is 12.8. The van der Waals surface area contributed by atoms with Crippen LogP contribution in [0.4, 0.5) is 10.7 Å². The number of imide groups is 1. The van der Waals surface area contributed by atoms with Crippen molar-refractivity contribution in [1.82, 2.24) is 4.90 Å². The molecule has 194 valence electrons. The fourth-order valence-electron chi connectivity index (χ4n) is 4.75. The summed E-state index contributed by atoms with van der Waals surface area (Å²) in [6.45, 7) is 1.46. The number of thiophene rings is 1. The second-order valence-electron chi connectivity index (χ2n) is 8.93. The standard InChI is InChI=1S/C28H25N3O6S/c1-2-37-28(36)23-19-12-6-8-14-21(19)38-25(23)30-24(33)18-11-5-7-13-20(18)29-22(32)15-31-26(34)16-9-3-4-10-17(16)27(31)35/h3-5,7,9-11,13H,2,6,8,12,14-15H2,1H3,(H,29,32)(H,30,33). The number of amides is 4. The summed E-state index contributed by atoms with van der Waals surface area (Å²) >= 11 is 1.37. The maximum atomic E-state index is 13.3. The minimum atomic E-state index is -0.626. The topological polar surface area (TPSA) is 122 Å². The van der Waals surface area contributed by atoms with Gasteiger partial charge in [-0.1, -0.05) is 24.3 Å². The first-order chi connectivity index (χ1) is 18.4. The molecule has 9 nitrogen and oxygen atoms in total. The highest BCUT2D eigenvalue weighted by Crippen LogP contribution is 2.39. The third-order valence-corrected chi connectivity index (χ3v) is 7.71. The number of nitrogens with one attached hydrogen (secondary N) is 2. The molecule has 0 fully saturated rings. The lowest BCUT2D eigenvalue weighted by Gasteiger charge is -2.15. The number of carbonyl (C=O) groups excluding carboxylic acids is 5. The summed E-state index contributed by atoms with van der Waals surface area (Å²) in [6.07, 6.45) is 3.57. The quantitative estimate of drug-likeness (QED) is 0.347. The lowest BCUT2D eigenvalue weighted by Crippen LogP contribution is -2.37. The molecule has 2 aliphatic rings. The lowest BCUT2D eigenvalue weighted by molar-refractivity contribution is -0.116. The van der Waals surface area contributed by atoms with Gasteiger partial charge < -0.3 is 15.4 Å². The van der Waals surface area contributed by atoms with E-state index < -0.39 is 36.1 Å². The number of esters is 1. The van der Waals surface area contributed by atoms with E-state index in [9.17, 15) is 24.0 Å². The predicted molar refractivity (Wildman–Crippen MR) is 142 cm³/mol. The maximum Gasteiger partial charge on any atom is 0.341 e. The van der Waals surface area contributed by atoms with E-state index in [0.29, 0.717) is 10.6 Å². The first-order valence-corrected chi connectivity index (χ1v) is 13.2. The fraction of sp³-hybridized carbons (Fsp3) is 0.250. The number of hydrogen-bond acceptors (Lipinski definition) is 7. The molecule has 1 aliphatic heterocycles. The molecule has 0 atom stereocenters. The molecule has 0 unspecified atom stereocenters. The fourth-order valence-corrected chi connectivity index (χ4v) is 6.02. The minimum Gasteiger partial charge on any atom is -0.462 e. The number of rotatable bonds is 7. The molecule has 0 spiro atoms. The molecule has 1 aromatic heterocycles. The maximum absolute atomic E-state index is 13.3. The van der Waals surface area contributed by atoms with E-state index in [-0.39, 0.29) is 29.0 Å². The van der Waals surface area contributed by atoms with Crippen LogP contribution in [0.15, 0.2) is 48.5 Å². The van der Waals surface area contributed by atoms with Gasteiger partial charge in [0, 0.05) is 4.88 Å². The molecule has 2 aromatic carbocycles. The van der Waals surface area contributed by atoms with Crippen LogP contribution in [-0.2, 0) is 22.4 Å². The Morgan fingerprint density at radius 3 is 2.29 bits per heavy atom. The normalized spacial score (nSPS) is 14.1. The molecule has 38 heavy (non-hydrogen) atoms. The molecule has 2 N–H and O–H groups in total. The van der Waals surface area contributed by atoms with Crippen LogP contribution in [0.1, 0.15) is 71.6 Å². The number of benzene rings is 2. The van der Waals surface area contributed by atoms with Gasteiger partial charge in [-0.3, -0.25) is 24.1 Å². The second-order valence-corrected chi connectivity index (χ2v) is 10.0. The molecular weight excluding hydrogens is 506 g/mol. The van der Waals surface area contributed by atoms with Crippen molar-refractivity contribution in [2.75, 3.05) is 23.8 Å². The van der Waals surface area contributed by atoms with Gasteiger partial charge in [0.2, 0.25) is 5.91 Å². The summed E-state index contributed by atoms with van der Waals surface area (Å²) in [5.74, 6) is -2.69. The van der Waals surface area contributed by atoms with Crippen molar-refractivity contribution < 1.29 is 28.7 Å². The van der Waals surface area contributed by atoms with Crippen LogP contribution in [0.5, 0.6) is 0 Å². The number of fused-ring (bicyclic) bond motifs is 2. The van der Waals surface area contributed by atoms with E-state index in [4.69, 9.17) is 4.74 Å². The highest BCUT2D eigenvalue weighted by Gasteiger charge is 2.36. The average Bonchev–Trinajstić information content (AvgIpc) is 3.39. The monoisotopic (exact) mass is 531 g/mol. The SMILES string of the molecule is CCOC(=O)c1c(NC(=O)c2ccccc2NC(=O)CN2C(=O)c3ccccc3C2=O)sc2c1CCCC2. The molecular formula is C28H25N3O6S. The number of anilines is 2. The van der Waals surface area contributed by atoms with E-state index in [1.54, 1.807) is 55.5 Å². The second kappa shape index (κ2) is 10.6. The molecule has 5 rings (SSSR count). The first-order valence-electron chi connectivity index (χ1n) is 12.4. The Bertz CT molecular complexity index is 1440. The van der Waals surface area contributed by atoms with Crippen LogP contribution in [0, 0.1) is 0 Å². The van der Waals surface area contributed by atoms with Gasteiger partial charge in [-0.05, 0) is 62.4 Å². The smallest absolute Gasteiger partial charge is 0.341 e. The number of hydrogen-bond donors (Lipinski definition) is 2. The Morgan fingerprint density at radius 2 is 1.58 bits per heavy atom. The Balaban J connectivity index is 1.34. The third kappa shape index (κ3) is 4.70. The summed E-state index contributed by atoms with van der Waals surface area (Å²) in [7, 11) is 0. The van der Waals surface area contributed by atoms with Gasteiger partial charge >= 0.3 is 5.97 Å². The minimum absolute atomic E-state index is 0.171. The number of aryl methyl sites for hydroxylation is 1. The third-order valence-electron chi connectivity index (χ3n) is 6.50. The number of para-hydroxylation sites is 1. The van der Waals surface area contributed by atoms with Crippen LogP contribution >= 0.6 is 11.3 Å². The van der Waals surface area contributed by atoms with Crippen molar-refractivity contribution in [2.45, 2.75) is 32.6 Å². The van der Waals surface area contributed by atoms with E-state index >= 15 is 0 Å².